The van der Waals surface area contributed by atoms with Crippen molar-refractivity contribution in [2.24, 2.45) is 0 Å². The minimum Gasteiger partial charge on any atom is -0.372 e. The van der Waals surface area contributed by atoms with E-state index >= 15 is 0 Å². The number of nitrogens with zero attached hydrogens (tertiary/aromatic N) is 2. The van der Waals surface area contributed by atoms with Gasteiger partial charge in [-0.1, -0.05) is 0 Å². The van der Waals surface area contributed by atoms with Crippen LogP contribution in [-0.4, -0.2) is 76.5 Å². The maximum atomic E-state index is 12.5. The number of rotatable bonds is 2. The Bertz CT molecular complexity index is 496. The third-order valence-electron chi connectivity index (χ3n) is 4.33. The number of morpholine rings is 1. The number of carbonyl (C=O) groups excluding carboxylic acids is 3. The van der Waals surface area contributed by atoms with Gasteiger partial charge in [0.25, 0.3) is 5.91 Å². The van der Waals surface area contributed by atoms with E-state index in [4.69, 9.17) is 4.74 Å². The highest BCUT2D eigenvalue weighted by atomic mass is 32.2. The summed E-state index contributed by atoms with van der Waals surface area (Å²) in [6.07, 6.45) is 0.570. The molecular formula is C14H21N3O4S. The summed E-state index contributed by atoms with van der Waals surface area (Å²) in [5, 5.41) is 2.78. The molecule has 0 radical (unpaired) electrons. The van der Waals surface area contributed by atoms with Gasteiger partial charge in [0.1, 0.15) is 12.1 Å². The van der Waals surface area contributed by atoms with Gasteiger partial charge in [-0.2, -0.15) is 11.8 Å². The van der Waals surface area contributed by atoms with Gasteiger partial charge in [-0.25, -0.2) is 4.79 Å². The Hall–Kier alpha value is -1.28. The number of thioether (sulfide) groups is 1. The van der Waals surface area contributed by atoms with Crippen LogP contribution in [0.2, 0.25) is 0 Å². The van der Waals surface area contributed by atoms with E-state index in [-0.39, 0.29) is 30.6 Å². The van der Waals surface area contributed by atoms with Crippen LogP contribution in [0.1, 0.15) is 20.3 Å². The van der Waals surface area contributed by atoms with Gasteiger partial charge in [0.2, 0.25) is 5.91 Å². The highest BCUT2D eigenvalue weighted by Gasteiger charge is 2.53. The zero-order valence-corrected chi connectivity index (χ0v) is 13.6. The van der Waals surface area contributed by atoms with Crippen LogP contribution in [0, 0.1) is 0 Å². The fourth-order valence-electron chi connectivity index (χ4n) is 3.27. The van der Waals surface area contributed by atoms with Gasteiger partial charge in [-0.3, -0.25) is 14.5 Å². The van der Waals surface area contributed by atoms with Gasteiger partial charge in [-0.05, 0) is 26.0 Å². The summed E-state index contributed by atoms with van der Waals surface area (Å²) in [5.41, 5.74) is -0.784. The fraction of sp³-hybridized carbons (Fsp3) is 0.786. The van der Waals surface area contributed by atoms with E-state index < -0.39 is 11.6 Å². The van der Waals surface area contributed by atoms with Gasteiger partial charge in [0, 0.05) is 18.8 Å². The molecule has 4 amide bonds. The van der Waals surface area contributed by atoms with Crippen molar-refractivity contribution in [1.29, 1.82) is 0 Å². The highest BCUT2D eigenvalue weighted by molar-refractivity contribution is 7.99. The molecule has 7 nitrogen and oxygen atoms in total. The molecule has 0 aromatic rings. The Balaban J connectivity index is 1.66. The molecule has 3 saturated heterocycles. The second kappa shape index (κ2) is 5.73. The zero-order chi connectivity index (χ0) is 15.9. The lowest BCUT2D eigenvalue weighted by Gasteiger charge is -2.35. The summed E-state index contributed by atoms with van der Waals surface area (Å²) in [6, 6.07) is -0.449. The standard InChI is InChI=1S/C14H21N3O4S/c1-9-5-16(6-10(2)21-9)11(18)7-17-12(19)14(15-13(17)20)3-4-22-8-14/h9-10H,3-8H2,1-2H3,(H,15,20)/t9-,10+,14-/m1/s1. The number of ether oxygens (including phenoxy) is 1. The van der Waals surface area contributed by atoms with E-state index in [0.717, 1.165) is 10.7 Å². The molecule has 3 heterocycles. The van der Waals surface area contributed by atoms with Crippen molar-refractivity contribution in [3.63, 3.8) is 0 Å². The molecule has 0 aromatic carbocycles. The van der Waals surface area contributed by atoms with Crippen molar-refractivity contribution in [2.75, 3.05) is 31.1 Å². The fourth-order valence-corrected chi connectivity index (χ4v) is 4.59. The lowest BCUT2D eigenvalue weighted by molar-refractivity contribution is -0.146. The Kier molecular flexibility index (Phi) is 4.07. The van der Waals surface area contributed by atoms with Crippen LogP contribution in [0.4, 0.5) is 4.79 Å². The van der Waals surface area contributed by atoms with Crippen molar-refractivity contribution in [3.8, 4) is 0 Å². The molecule has 0 bridgehead atoms. The number of urea groups is 1. The van der Waals surface area contributed by atoms with Gasteiger partial charge >= 0.3 is 6.03 Å². The van der Waals surface area contributed by atoms with Gasteiger partial charge in [0.05, 0.1) is 12.2 Å². The molecule has 1 N–H and O–H groups in total. The molecule has 3 aliphatic rings. The largest absolute Gasteiger partial charge is 0.372 e. The van der Waals surface area contributed by atoms with Crippen LogP contribution in [0.25, 0.3) is 0 Å². The Labute approximate surface area is 133 Å². The second-order valence-corrected chi connectivity index (χ2v) is 7.37. The predicted octanol–water partition coefficient (Wildman–Crippen LogP) is 0.0497. The lowest BCUT2D eigenvalue weighted by Crippen LogP contribution is -2.52. The van der Waals surface area contributed by atoms with Crippen LogP contribution < -0.4 is 5.32 Å². The number of amides is 4. The van der Waals surface area contributed by atoms with Crippen molar-refractivity contribution in [1.82, 2.24) is 15.1 Å². The summed E-state index contributed by atoms with van der Waals surface area (Å²) < 4.78 is 5.60. The van der Waals surface area contributed by atoms with Gasteiger partial charge in [0.15, 0.2) is 0 Å². The first kappa shape index (κ1) is 15.6. The topological polar surface area (TPSA) is 79.0 Å². The quantitative estimate of drug-likeness (QED) is 0.725. The highest BCUT2D eigenvalue weighted by Crippen LogP contribution is 2.33. The summed E-state index contributed by atoms with van der Waals surface area (Å²) >= 11 is 1.65. The maximum absolute atomic E-state index is 12.5. The molecular weight excluding hydrogens is 306 g/mol. The van der Waals surface area contributed by atoms with E-state index in [9.17, 15) is 14.4 Å². The first-order chi connectivity index (χ1) is 10.4. The predicted molar refractivity (Wildman–Crippen MR) is 81.5 cm³/mol. The second-order valence-electron chi connectivity index (χ2n) is 6.26. The molecule has 3 aliphatic heterocycles. The molecule has 3 atom stereocenters. The van der Waals surface area contributed by atoms with E-state index in [0.29, 0.717) is 25.3 Å². The van der Waals surface area contributed by atoms with Crippen LogP contribution in [-0.2, 0) is 14.3 Å². The van der Waals surface area contributed by atoms with E-state index in [1.54, 1.807) is 16.7 Å². The Morgan fingerprint density at radius 3 is 2.64 bits per heavy atom. The number of hydrogen-bond acceptors (Lipinski definition) is 5. The van der Waals surface area contributed by atoms with Crippen LogP contribution in [0.5, 0.6) is 0 Å². The van der Waals surface area contributed by atoms with Crippen molar-refractivity contribution in [2.45, 2.75) is 38.0 Å². The number of nitrogens with one attached hydrogen (secondary N) is 1. The summed E-state index contributed by atoms with van der Waals surface area (Å²) in [6.45, 7) is 4.63. The molecule has 3 rings (SSSR count). The SMILES string of the molecule is C[C@@H]1CN(C(=O)CN2C(=O)N[C@@]3(CCSC3)C2=O)C[C@H](C)O1. The Morgan fingerprint density at radius 1 is 1.36 bits per heavy atom. The molecule has 0 saturated carbocycles. The first-order valence-corrected chi connectivity index (χ1v) is 8.72. The average molecular weight is 327 g/mol. The van der Waals surface area contributed by atoms with Gasteiger partial charge < -0.3 is 15.0 Å². The maximum Gasteiger partial charge on any atom is 0.325 e. The number of hydrogen-bond donors (Lipinski definition) is 1. The van der Waals surface area contributed by atoms with Crippen molar-refractivity contribution < 1.29 is 19.1 Å². The summed E-state index contributed by atoms with van der Waals surface area (Å²) in [7, 11) is 0. The van der Waals surface area contributed by atoms with E-state index in [2.05, 4.69) is 5.32 Å². The third kappa shape index (κ3) is 2.69. The molecule has 22 heavy (non-hydrogen) atoms. The molecule has 8 heteroatoms. The van der Waals surface area contributed by atoms with Crippen molar-refractivity contribution in [3.05, 3.63) is 0 Å². The van der Waals surface area contributed by atoms with Gasteiger partial charge in [-0.15, -0.1) is 0 Å². The molecule has 0 aromatic heterocycles. The molecule has 1 spiro atoms. The summed E-state index contributed by atoms with van der Waals surface area (Å²) in [4.78, 5) is 39.8. The first-order valence-electron chi connectivity index (χ1n) is 7.56. The molecule has 122 valence electrons. The average Bonchev–Trinajstić information content (AvgIpc) is 2.99. The Morgan fingerprint density at radius 2 is 2.05 bits per heavy atom. The minimum absolute atomic E-state index is 0.0339. The summed E-state index contributed by atoms with van der Waals surface area (Å²) in [5.74, 6) is 0.985. The molecule has 0 aliphatic carbocycles. The van der Waals surface area contributed by atoms with E-state index in [1.165, 1.54) is 0 Å². The van der Waals surface area contributed by atoms with Crippen LogP contribution >= 0.6 is 11.8 Å². The number of imide groups is 1. The number of carbonyl (C=O) groups is 3. The van der Waals surface area contributed by atoms with E-state index in [1.807, 2.05) is 13.8 Å². The van der Waals surface area contributed by atoms with Crippen LogP contribution in [0.15, 0.2) is 0 Å². The normalized spacial score (nSPS) is 35.4. The minimum atomic E-state index is -0.784. The smallest absolute Gasteiger partial charge is 0.325 e. The molecule has 0 unspecified atom stereocenters. The van der Waals surface area contributed by atoms with Crippen LogP contribution in [0.3, 0.4) is 0 Å². The zero-order valence-electron chi connectivity index (χ0n) is 12.8. The molecule has 3 fully saturated rings. The third-order valence-corrected chi connectivity index (χ3v) is 5.52. The lowest BCUT2D eigenvalue weighted by atomic mass is 9.99. The monoisotopic (exact) mass is 327 g/mol. The van der Waals surface area contributed by atoms with Crippen molar-refractivity contribution >= 4 is 29.6 Å².